The van der Waals surface area contributed by atoms with Crippen LogP contribution in [0.5, 0.6) is 0 Å². The van der Waals surface area contributed by atoms with E-state index in [9.17, 15) is 18.0 Å². The molecule has 25 heavy (non-hydrogen) atoms. The standard InChI is InChI=1S/C18H28N2O4S/c1-13(2)11-20(14(3)4)18(22)12-19(6)25(23,24)17-9-7-16(8-10-17)15(5)21/h7-10,13-14H,11-12H2,1-6H3. The Hall–Kier alpha value is -1.73. The molecule has 0 aliphatic rings. The number of likely N-dealkylation sites (N-methyl/N-ethyl adjacent to an activating group) is 1. The second-order valence-electron chi connectivity index (χ2n) is 6.88. The van der Waals surface area contributed by atoms with E-state index in [1.165, 1.54) is 38.2 Å². The van der Waals surface area contributed by atoms with Gasteiger partial charge in [0.1, 0.15) is 0 Å². The largest absolute Gasteiger partial charge is 0.339 e. The van der Waals surface area contributed by atoms with Crippen LogP contribution in [0.15, 0.2) is 29.2 Å². The van der Waals surface area contributed by atoms with E-state index in [-0.39, 0.29) is 29.2 Å². The van der Waals surface area contributed by atoms with Gasteiger partial charge in [0.2, 0.25) is 15.9 Å². The SMILES string of the molecule is CC(=O)c1ccc(S(=O)(=O)N(C)CC(=O)N(CC(C)C)C(C)C)cc1. The Kier molecular flexibility index (Phi) is 7.31. The Morgan fingerprint density at radius 1 is 1.04 bits per heavy atom. The molecule has 0 aromatic heterocycles. The highest BCUT2D eigenvalue weighted by molar-refractivity contribution is 7.89. The molecule has 0 aliphatic heterocycles. The summed E-state index contributed by atoms with van der Waals surface area (Å²) in [4.78, 5) is 25.6. The second kappa shape index (κ2) is 8.58. The van der Waals surface area contributed by atoms with Crippen molar-refractivity contribution < 1.29 is 18.0 Å². The van der Waals surface area contributed by atoms with Crippen molar-refractivity contribution in [3.8, 4) is 0 Å². The van der Waals surface area contributed by atoms with Crippen LogP contribution < -0.4 is 0 Å². The molecular formula is C18H28N2O4S. The molecule has 1 amide bonds. The van der Waals surface area contributed by atoms with Crippen molar-refractivity contribution >= 4 is 21.7 Å². The van der Waals surface area contributed by atoms with Crippen molar-refractivity contribution in [2.24, 2.45) is 5.92 Å². The van der Waals surface area contributed by atoms with Crippen LogP contribution in [0.1, 0.15) is 45.0 Å². The van der Waals surface area contributed by atoms with Crippen molar-refractivity contribution in [3.05, 3.63) is 29.8 Å². The Morgan fingerprint density at radius 3 is 1.96 bits per heavy atom. The molecule has 0 atom stereocenters. The van der Waals surface area contributed by atoms with E-state index >= 15 is 0 Å². The third-order valence-corrected chi connectivity index (χ3v) is 5.65. The van der Waals surface area contributed by atoms with Crippen molar-refractivity contribution in [3.63, 3.8) is 0 Å². The lowest BCUT2D eigenvalue weighted by atomic mass is 10.2. The van der Waals surface area contributed by atoms with E-state index in [0.29, 0.717) is 18.0 Å². The highest BCUT2D eigenvalue weighted by Crippen LogP contribution is 2.16. The fraction of sp³-hybridized carbons (Fsp3) is 0.556. The van der Waals surface area contributed by atoms with Gasteiger partial charge in [-0.05, 0) is 38.8 Å². The lowest BCUT2D eigenvalue weighted by Crippen LogP contribution is -2.45. The highest BCUT2D eigenvalue weighted by atomic mass is 32.2. The second-order valence-corrected chi connectivity index (χ2v) is 8.92. The quantitative estimate of drug-likeness (QED) is 0.661. The summed E-state index contributed by atoms with van der Waals surface area (Å²) < 4.78 is 26.3. The lowest BCUT2D eigenvalue weighted by molar-refractivity contribution is -0.133. The Labute approximate surface area is 150 Å². The van der Waals surface area contributed by atoms with E-state index in [1.54, 1.807) is 4.90 Å². The Morgan fingerprint density at radius 2 is 1.56 bits per heavy atom. The number of hydrogen-bond donors (Lipinski definition) is 0. The van der Waals surface area contributed by atoms with E-state index in [1.807, 2.05) is 27.7 Å². The van der Waals surface area contributed by atoms with Crippen LogP contribution in [0.3, 0.4) is 0 Å². The number of amides is 1. The molecule has 0 radical (unpaired) electrons. The molecule has 0 unspecified atom stereocenters. The third kappa shape index (κ3) is 5.64. The maximum atomic E-state index is 12.6. The predicted octanol–water partition coefficient (Wildman–Crippen LogP) is 2.40. The number of nitrogens with zero attached hydrogens (tertiary/aromatic N) is 2. The Balaban J connectivity index is 2.94. The normalized spacial score (nSPS) is 12.0. The topological polar surface area (TPSA) is 74.8 Å². The lowest BCUT2D eigenvalue weighted by Gasteiger charge is -2.30. The fourth-order valence-electron chi connectivity index (χ4n) is 2.40. The van der Waals surface area contributed by atoms with Crippen molar-refractivity contribution in [1.29, 1.82) is 0 Å². The minimum Gasteiger partial charge on any atom is -0.339 e. The number of rotatable bonds is 8. The molecule has 0 spiro atoms. The van der Waals surface area contributed by atoms with Crippen LogP contribution in [-0.4, -0.2) is 55.5 Å². The van der Waals surface area contributed by atoms with Gasteiger partial charge in [-0.25, -0.2) is 8.42 Å². The van der Waals surface area contributed by atoms with Crippen molar-refractivity contribution in [1.82, 2.24) is 9.21 Å². The first kappa shape index (κ1) is 21.3. The summed E-state index contributed by atoms with van der Waals surface area (Å²) in [5.41, 5.74) is 0.445. The fourth-order valence-corrected chi connectivity index (χ4v) is 3.52. The number of hydrogen-bond acceptors (Lipinski definition) is 4. The molecule has 0 saturated heterocycles. The van der Waals surface area contributed by atoms with E-state index in [4.69, 9.17) is 0 Å². The van der Waals surface area contributed by atoms with Crippen molar-refractivity contribution in [2.45, 2.75) is 45.6 Å². The first-order valence-electron chi connectivity index (χ1n) is 8.33. The van der Waals surface area contributed by atoms with Gasteiger partial charge < -0.3 is 4.90 Å². The monoisotopic (exact) mass is 368 g/mol. The molecule has 6 nitrogen and oxygen atoms in total. The molecule has 0 heterocycles. The number of sulfonamides is 1. The molecule has 0 N–H and O–H groups in total. The van der Waals surface area contributed by atoms with Crippen molar-refractivity contribution in [2.75, 3.05) is 20.1 Å². The van der Waals surface area contributed by atoms with Crippen LogP contribution in [0, 0.1) is 5.92 Å². The van der Waals surface area contributed by atoms with Crippen LogP contribution >= 0.6 is 0 Å². The van der Waals surface area contributed by atoms with Gasteiger partial charge in [-0.3, -0.25) is 9.59 Å². The van der Waals surface area contributed by atoms with Gasteiger partial charge in [-0.1, -0.05) is 26.0 Å². The zero-order chi connectivity index (χ0) is 19.4. The van der Waals surface area contributed by atoms with Crippen LogP contribution in [-0.2, 0) is 14.8 Å². The van der Waals surface area contributed by atoms with Crippen LogP contribution in [0.4, 0.5) is 0 Å². The summed E-state index contributed by atoms with van der Waals surface area (Å²) in [5.74, 6) is -0.0590. The molecular weight excluding hydrogens is 340 g/mol. The predicted molar refractivity (Wildman–Crippen MR) is 97.9 cm³/mol. The Bertz CT molecular complexity index is 709. The third-order valence-electron chi connectivity index (χ3n) is 3.83. The van der Waals surface area contributed by atoms with E-state index in [2.05, 4.69) is 0 Å². The van der Waals surface area contributed by atoms with Crippen LogP contribution in [0.2, 0.25) is 0 Å². The van der Waals surface area contributed by atoms with Gasteiger partial charge in [0.05, 0.1) is 11.4 Å². The first-order valence-corrected chi connectivity index (χ1v) is 9.77. The number of carbonyl (C=O) groups is 2. The average molecular weight is 368 g/mol. The van der Waals surface area contributed by atoms with Gasteiger partial charge in [0, 0.05) is 25.2 Å². The van der Waals surface area contributed by atoms with Gasteiger partial charge in [-0.15, -0.1) is 0 Å². The van der Waals surface area contributed by atoms with E-state index in [0.717, 1.165) is 4.31 Å². The van der Waals surface area contributed by atoms with E-state index < -0.39 is 10.0 Å². The van der Waals surface area contributed by atoms with Gasteiger partial charge >= 0.3 is 0 Å². The average Bonchev–Trinajstić information content (AvgIpc) is 2.51. The molecule has 0 saturated carbocycles. The molecule has 0 aliphatic carbocycles. The van der Waals surface area contributed by atoms with Gasteiger partial charge in [-0.2, -0.15) is 4.31 Å². The number of benzene rings is 1. The minimum absolute atomic E-state index is 0.000791. The summed E-state index contributed by atoms with van der Waals surface area (Å²) in [7, 11) is -2.40. The first-order chi connectivity index (χ1) is 11.5. The molecule has 7 heteroatoms. The number of carbonyl (C=O) groups excluding carboxylic acids is 2. The zero-order valence-corrected chi connectivity index (χ0v) is 16.6. The summed E-state index contributed by atoms with van der Waals surface area (Å²) in [6, 6.07) is 5.73. The van der Waals surface area contributed by atoms with Gasteiger partial charge in [0.25, 0.3) is 0 Å². The molecule has 1 aromatic rings. The molecule has 1 rings (SSSR count). The zero-order valence-electron chi connectivity index (χ0n) is 15.8. The number of Topliss-reactive ketones (excluding diaryl/α,β-unsaturated/α-hetero) is 1. The number of ketones is 1. The highest BCUT2D eigenvalue weighted by Gasteiger charge is 2.26. The molecule has 1 aromatic carbocycles. The van der Waals surface area contributed by atoms with Gasteiger partial charge in [0.15, 0.2) is 5.78 Å². The summed E-state index contributed by atoms with van der Waals surface area (Å²) in [6.45, 7) is 9.63. The maximum Gasteiger partial charge on any atom is 0.243 e. The molecule has 0 bridgehead atoms. The summed E-state index contributed by atoms with van der Waals surface area (Å²) in [5, 5.41) is 0. The maximum absolute atomic E-state index is 12.6. The minimum atomic E-state index is -3.79. The van der Waals surface area contributed by atoms with Crippen LogP contribution in [0.25, 0.3) is 0 Å². The summed E-state index contributed by atoms with van der Waals surface area (Å²) >= 11 is 0. The summed E-state index contributed by atoms with van der Waals surface area (Å²) in [6.07, 6.45) is 0. The molecule has 0 fully saturated rings. The smallest absolute Gasteiger partial charge is 0.243 e. The molecule has 140 valence electrons.